The quantitative estimate of drug-likeness (QED) is 0.840. The molecule has 3 rings (SSSR count). The summed E-state index contributed by atoms with van der Waals surface area (Å²) >= 11 is 0. The molecule has 1 fully saturated rings. The maximum atomic E-state index is 12.5. The van der Waals surface area contributed by atoms with Gasteiger partial charge in [-0.25, -0.2) is 21.8 Å². The number of rotatable bonds is 4. The van der Waals surface area contributed by atoms with Gasteiger partial charge in [0.1, 0.15) is 5.82 Å². The summed E-state index contributed by atoms with van der Waals surface area (Å²) in [5.41, 5.74) is 1.82. The van der Waals surface area contributed by atoms with Gasteiger partial charge < -0.3 is 4.98 Å². The molecule has 2 aliphatic heterocycles. The van der Waals surface area contributed by atoms with Crippen molar-refractivity contribution in [3.8, 4) is 0 Å². The highest BCUT2D eigenvalue weighted by molar-refractivity contribution is 7.91. The highest BCUT2D eigenvalue weighted by Crippen LogP contribution is 2.24. The second-order valence-corrected chi connectivity index (χ2v) is 10.5. The van der Waals surface area contributed by atoms with Gasteiger partial charge in [0.15, 0.2) is 9.84 Å². The highest BCUT2D eigenvalue weighted by Gasteiger charge is 2.32. The Morgan fingerprint density at radius 2 is 2.18 bits per heavy atom. The molecule has 1 aromatic heterocycles. The van der Waals surface area contributed by atoms with Gasteiger partial charge in [0.25, 0.3) is 0 Å². The summed E-state index contributed by atoms with van der Waals surface area (Å²) in [5.74, 6) is 1.13. The van der Waals surface area contributed by atoms with Crippen LogP contribution in [0.2, 0.25) is 0 Å². The predicted molar refractivity (Wildman–Crippen MR) is 82.6 cm³/mol. The van der Waals surface area contributed by atoms with E-state index in [1.54, 1.807) is 0 Å². The molecule has 0 bridgehead atoms. The van der Waals surface area contributed by atoms with Crippen molar-refractivity contribution < 1.29 is 16.8 Å². The minimum atomic E-state index is -3.35. The number of H-pyrrole nitrogens is 1. The van der Waals surface area contributed by atoms with Crippen LogP contribution in [0.1, 0.15) is 30.1 Å². The second kappa shape index (κ2) is 5.61. The van der Waals surface area contributed by atoms with Crippen molar-refractivity contribution in [2.24, 2.45) is 5.92 Å². The van der Waals surface area contributed by atoms with E-state index in [-0.39, 0.29) is 23.2 Å². The van der Waals surface area contributed by atoms with E-state index in [9.17, 15) is 16.8 Å². The molecule has 0 amide bonds. The zero-order valence-electron chi connectivity index (χ0n) is 12.6. The maximum absolute atomic E-state index is 12.5. The lowest BCUT2D eigenvalue weighted by molar-refractivity contribution is 0.382. The molecule has 1 aromatic rings. The third-order valence-electron chi connectivity index (χ3n) is 4.42. The van der Waals surface area contributed by atoms with Crippen molar-refractivity contribution >= 4 is 19.9 Å². The molecule has 0 saturated carbocycles. The van der Waals surface area contributed by atoms with Crippen molar-refractivity contribution in [2.45, 2.75) is 32.7 Å². The SMILES string of the molecule is Cc1nc2c([nH]1)CN(S(=O)(=O)CCC1CCS(=O)(=O)C1)CC2. The molecule has 124 valence electrons. The predicted octanol–water partition coefficient (Wildman–Crippen LogP) is 0.231. The minimum Gasteiger partial charge on any atom is -0.345 e. The fraction of sp³-hybridized carbons (Fsp3) is 0.769. The van der Waals surface area contributed by atoms with Gasteiger partial charge in [0.05, 0.1) is 35.2 Å². The number of hydrogen-bond acceptors (Lipinski definition) is 5. The van der Waals surface area contributed by atoms with Gasteiger partial charge in [0.2, 0.25) is 10.0 Å². The lowest BCUT2D eigenvalue weighted by Gasteiger charge is -2.25. The number of sulfonamides is 1. The third kappa shape index (κ3) is 3.36. The van der Waals surface area contributed by atoms with Crippen LogP contribution in [0.15, 0.2) is 0 Å². The van der Waals surface area contributed by atoms with Gasteiger partial charge in [-0.1, -0.05) is 0 Å². The Morgan fingerprint density at radius 3 is 2.86 bits per heavy atom. The molecule has 0 radical (unpaired) electrons. The highest BCUT2D eigenvalue weighted by atomic mass is 32.2. The number of aromatic amines is 1. The molecule has 0 aromatic carbocycles. The Morgan fingerprint density at radius 1 is 1.41 bits per heavy atom. The van der Waals surface area contributed by atoms with Crippen LogP contribution in [0, 0.1) is 12.8 Å². The van der Waals surface area contributed by atoms with Gasteiger partial charge >= 0.3 is 0 Å². The summed E-state index contributed by atoms with van der Waals surface area (Å²) in [6.45, 7) is 2.64. The Kier molecular flexibility index (Phi) is 4.07. The molecule has 2 aliphatic rings. The van der Waals surface area contributed by atoms with E-state index in [1.807, 2.05) is 6.92 Å². The maximum Gasteiger partial charge on any atom is 0.214 e. The zero-order chi connectivity index (χ0) is 16.0. The molecule has 1 unspecified atom stereocenters. The van der Waals surface area contributed by atoms with Crippen LogP contribution >= 0.6 is 0 Å². The van der Waals surface area contributed by atoms with Crippen LogP contribution in [-0.4, -0.2) is 54.9 Å². The molecule has 7 nitrogen and oxygen atoms in total. The van der Waals surface area contributed by atoms with Gasteiger partial charge in [-0.2, -0.15) is 4.31 Å². The first-order valence-corrected chi connectivity index (χ1v) is 10.9. The van der Waals surface area contributed by atoms with E-state index < -0.39 is 19.9 Å². The normalized spacial score (nSPS) is 25.2. The van der Waals surface area contributed by atoms with E-state index in [4.69, 9.17) is 0 Å². The number of sulfone groups is 1. The van der Waals surface area contributed by atoms with E-state index >= 15 is 0 Å². The number of nitrogens with zero attached hydrogens (tertiary/aromatic N) is 2. The number of imidazole rings is 1. The lowest BCUT2D eigenvalue weighted by Crippen LogP contribution is -2.37. The zero-order valence-corrected chi connectivity index (χ0v) is 14.2. The standard InChI is InChI=1S/C13H21N3O4S2/c1-10-14-12-2-5-16(8-13(12)15-10)22(19,20)7-4-11-3-6-21(17,18)9-11/h11H,2-9H2,1H3,(H,14,15). The van der Waals surface area contributed by atoms with E-state index in [0.717, 1.165) is 17.2 Å². The van der Waals surface area contributed by atoms with Crippen molar-refractivity contribution in [1.82, 2.24) is 14.3 Å². The van der Waals surface area contributed by atoms with Gasteiger partial charge in [-0.05, 0) is 25.7 Å². The Hall–Kier alpha value is -0.930. The fourth-order valence-corrected chi connectivity index (χ4v) is 6.69. The van der Waals surface area contributed by atoms with Crippen molar-refractivity contribution in [3.05, 3.63) is 17.2 Å². The molecule has 9 heteroatoms. The average molecular weight is 347 g/mol. The first kappa shape index (κ1) is 15.9. The average Bonchev–Trinajstić information content (AvgIpc) is 2.96. The van der Waals surface area contributed by atoms with Crippen molar-refractivity contribution in [1.29, 1.82) is 0 Å². The van der Waals surface area contributed by atoms with E-state index in [2.05, 4.69) is 9.97 Å². The van der Waals surface area contributed by atoms with Crippen LogP contribution in [-0.2, 0) is 32.8 Å². The number of nitrogens with one attached hydrogen (secondary N) is 1. The molecular formula is C13H21N3O4S2. The van der Waals surface area contributed by atoms with Crippen LogP contribution in [0.5, 0.6) is 0 Å². The first-order valence-electron chi connectivity index (χ1n) is 7.48. The van der Waals surface area contributed by atoms with E-state index in [0.29, 0.717) is 32.4 Å². The van der Waals surface area contributed by atoms with Gasteiger partial charge in [-0.15, -0.1) is 0 Å². The van der Waals surface area contributed by atoms with Crippen LogP contribution in [0.25, 0.3) is 0 Å². The van der Waals surface area contributed by atoms with Crippen molar-refractivity contribution in [3.63, 3.8) is 0 Å². The van der Waals surface area contributed by atoms with Crippen LogP contribution in [0.4, 0.5) is 0 Å². The monoisotopic (exact) mass is 347 g/mol. The number of aryl methyl sites for hydroxylation is 1. The molecule has 1 N–H and O–H groups in total. The second-order valence-electron chi connectivity index (χ2n) is 6.20. The minimum absolute atomic E-state index is 0.0190. The third-order valence-corrected chi connectivity index (χ3v) is 8.11. The Balaban J connectivity index is 1.62. The molecule has 1 saturated heterocycles. The Bertz CT molecular complexity index is 767. The molecular weight excluding hydrogens is 326 g/mol. The number of fused-ring (bicyclic) bond motifs is 1. The van der Waals surface area contributed by atoms with Gasteiger partial charge in [-0.3, -0.25) is 0 Å². The summed E-state index contributed by atoms with van der Waals surface area (Å²) in [4.78, 5) is 7.46. The van der Waals surface area contributed by atoms with Crippen LogP contribution < -0.4 is 0 Å². The molecule has 0 aliphatic carbocycles. The summed E-state index contributed by atoms with van der Waals surface area (Å²) in [5, 5.41) is 0. The lowest BCUT2D eigenvalue weighted by atomic mass is 10.1. The van der Waals surface area contributed by atoms with Crippen molar-refractivity contribution in [2.75, 3.05) is 23.8 Å². The summed E-state index contributed by atoms with van der Waals surface area (Å²) in [6, 6.07) is 0. The largest absolute Gasteiger partial charge is 0.345 e. The van der Waals surface area contributed by atoms with Crippen LogP contribution in [0.3, 0.4) is 0 Å². The summed E-state index contributed by atoms with van der Waals surface area (Å²) in [6.07, 6.45) is 1.63. The molecule has 3 heterocycles. The fourth-order valence-electron chi connectivity index (χ4n) is 3.19. The number of aromatic nitrogens is 2. The topological polar surface area (TPSA) is 100 Å². The summed E-state index contributed by atoms with van der Waals surface area (Å²) < 4.78 is 49.3. The molecule has 22 heavy (non-hydrogen) atoms. The molecule has 1 atom stereocenters. The van der Waals surface area contributed by atoms with Gasteiger partial charge in [0, 0.05) is 13.0 Å². The smallest absolute Gasteiger partial charge is 0.214 e. The first-order chi connectivity index (χ1) is 10.3. The number of hydrogen-bond donors (Lipinski definition) is 1. The molecule has 0 spiro atoms. The Labute approximate surface area is 131 Å². The summed E-state index contributed by atoms with van der Waals surface area (Å²) in [7, 11) is -6.30. The van der Waals surface area contributed by atoms with E-state index in [1.165, 1.54) is 4.31 Å².